The summed E-state index contributed by atoms with van der Waals surface area (Å²) in [5.74, 6) is -2.78. The lowest BCUT2D eigenvalue weighted by atomic mass is 10.1. The Labute approximate surface area is 140 Å². The van der Waals surface area contributed by atoms with Crippen LogP contribution in [0.25, 0.3) is 6.08 Å². The van der Waals surface area contributed by atoms with E-state index in [-0.39, 0.29) is 17.0 Å². The molecule has 2 aromatic carbocycles. The van der Waals surface area contributed by atoms with Gasteiger partial charge in [0.2, 0.25) is 0 Å². The van der Waals surface area contributed by atoms with E-state index in [1.165, 1.54) is 30.3 Å². The number of carbonyl (C=O) groups excluding carboxylic acids is 1. The van der Waals surface area contributed by atoms with Gasteiger partial charge in [-0.1, -0.05) is 12.1 Å². The third-order valence-electron chi connectivity index (χ3n) is 2.96. The topological polar surface area (TPSA) is 62.1 Å². The molecule has 128 valence electrons. The van der Waals surface area contributed by atoms with Crippen molar-refractivity contribution >= 4 is 17.7 Å². The second kappa shape index (κ2) is 7.97. The summed E-state index contributed by atoms with van der Waals surface area (Å²) in [7, 11) is 0. The van der Waals surface area contributed by atoms with Crippen LogP contribution in [0.1, 0.15) is 5.56 Å². The van der Waals surface area contributed by atoms with Crippen LogP contribution in [0, 0.1) is 23.0 Å². The van der Waals surface area contributed by atoms with E-state index in [1.807, 2.05) is 0 Å². The summed E-state index contributed by atoms with van der Waals surface area (Å²) < 4.78 is 54.7. The molecule has 0 unspecified atom stereocenters. The summed E-state index contributed by atoms with van der Waals surface area (Å²) in [6.07, 6.45) is 1.18. The summed E-state index contributed by atoms with van der Waals surface area (Å²) in [6.45, 7) is -2.97. The smallest absolute Gasteiger partial charge is 0.387 e. The first-order valence-corrected chi connectivity index (χ1v) is 6.82. The number of nitrogens with zero attached hydrogens (tertiary/aromatic N) is 1. The van der Waals surface area contributed by atoms with Crippen molar-refractivity contribution in [3.05, 3.63) is 65.2 Å². The van der Waals surface area contributed by atoms with Gasteiger partial charge in [-0.15, -0.1) is 0 Å². The second-order valence-electron chi connectivity index (χ2n) is 4.70. The third-order valence-corrected chi connectivity index (χ3v) is 2.96. The number of amides is 1. The molecule has 0 aliphatic carbocycles. The number of alkyl halides is 2. The molecule has 0 saturated carbocycles. The fourth-order valence-electron chi connectivity index (χ4n) is 1.84. The summed E-state index contributed by atoms with van der Waals surface area (Å²) in [6, 6.07) is 9.42. The van der Waals surface area contributed by atoms with E-state index in [0.717, 1.165) is 12.1 Å². The van der Waals surface area contributed by atoms with Crippen LogP contribution in [0.15, 0.2) is 48.0 Å². The second-order valence-corrected chi connectivity index (χ2v) is 4.70. The van der Waals surface area contributed by atoms with Crippen molar-refractivity contribution in [2.75, 3.05) is 5.32 Å². The number of hydrogen-bond acceptors (Lipinski definition) is 3. The van der Waals surface area contributed by atoms with Gasteiger partial charge in [-0.25, -0.2) is 8.78 Å². The molecule has 0 saturated heterocycles. The average Bonchev–Trinajstić information content (AvgIpc) is 2.56. The summed E-state index contributed by atoms with van der Waals surface area (Å²) >= 11 is 0. The van der Waals surface area contributed by atoms with Crippen molar-refractivity contribution < 1.29 is 27.1 Å². The minimum atomic E-state index is -2.97. The van der Waals surface area contributed by atoms with Crippen LogP contribution in [0.3, 0.4) is 0 Å². The highest BCUT2D eigenvalue weighted by Crippen LogP contribution is 2.18. The van der Waals surface area contributed by atoms with Gasteiger partial charge in [0.25, 0.3) is 5.91 Å². The van der Waals surface area contributed by atoms with Crippen LogP contribution >= 0.6 is 0 Å². The van der Waals surface area contributed by atoms with E-state index in [4.69, 9.17) is 5.26 Å². The number of ether oxygens (including phenoxy) is 1. The quantitative estimate of drug-likeness (QED) is 0.501. The summed E-state index contributed by atoms with van der Waals surface area (Å²) in [5, 5.41) is 11.2. The van der Waals surface area contributed by atoms with Crippen molar-refractivity contribution in [2.45, 2.75) is 6.61 Å². The maximum atomic E-state index is 13.5. The number of nitriles is 1. The highest BCUT2D eigenvalue weighted by Gasteiger charge is 2.13. The van der Waals surface area contributed by atoms with Gasteiger partial charge in [0.1, 0.15) is 29.0 Å². The molecule has 0 bridgehead atoms. The standard InChI is InChI=1S/C17H10F4N2O2/c18-12-3-6-15(14(19)8-12)23-16(24)11(9-22)7-10-1-4-13(5-2-10)25-17(20)21/h1-8,17H,(H,23,24)/b11-7+. The maximum Gasteiger partial charge on any atom is 0.387 e. The Kier molecular flexibility index (Phi) is 5.74. The van der Waals surface area contributed by atoms with E-state index >= 15 is 0 Å². The molecule has 0 aliphatic rings. The Morgan fingerprint density at radius 1 is 1.16 bits per heavy atom. The molecule has 0 fully saturated rings. The lowest BCUT2D eigenvalue weighted by Crippen LogP contribution is -2.14. The zero-order valence-corrected chi connectivity index (χ0v) is 12.5. The number of carbonyl (C=O) groups is 1. The van der Waals surface area contributed by atoms with Crippen LogP contribution in [0.5, 0.6) is 5.75 Å². The highest BCUT2D eigenvalue weighted by atomic mass is 19.3. The molecule has 0 aliphatic heterocycles. The van der Waals surface area contributed by atoms with Gasteiger partial charge in [0.15, 0.2) is 0 Å². The lowest BCUT2D eigenvalue weighted by Gasteiger charge is -2.06. The van der Waals surface area contributed by atoms with E-state index in [0.29, 0.717) is 11.6 Å². The number of halogens is 4. The fraction of sp³-hybridized carbons (Fsp3) is 0.0588. The predicted molar refractivity (Wildman–Crippen MR) is 81.7 cm³/mol. The number of nitrogens with one attached hydrogen (secondary N) is 1. The normalized spacial score (nSPS) is 11.1. The van der Waals surface area contributed by atoms with Crippen molar-refractivity contribution in [3.63, 3.8) is 0 Å². The molecule has 1 amide bonds. The molecule has 0 radical (unpaired) electrons. The average molecular weight is 350 g/mol. The molecule has 8 heteroatoms. The first-order chi connectivity index (χ1) is 11.9. The largest absolute Gasteiger partial charge is 0.435 e. The molecule has 25 heavy (non-hydrogen) atoms. The number of rotatable bonds is 5. The van der Waals surface area contributed by atoms with E-state index in [9.17, 15) is 22.4 Å². The van der Waals surface area contributed by atoms with Gasteiger partial charge in [-0.05, 0) is 35.9 Å². The van der Waals surface area contributed by atoms with Crippen LogP contribution in [0.4, 0.5) is 23.2 Å². The van der Waals surface area contributed by atoms with Crippen LogP contribution in [-0.4, -0.2) is 12.5 Å². The van der Waals surface area contributed by atoms with E-state index in [1.54, 1.807) is 6.07 Å². The molecule has 1 N–H and O–H groups in total. The third kappa shape index (κ3) is 5.07. The summed E-state index contributed by atoms with van der Waals surface area (Å²) in [4.78, 5) is 12.0. The molecule has 2 rings (SSSR count). The molecule has 0 atom stereocenters. The van der Waals surface area contributed by atoms with Crippen molar-refractivity contribution in [1.82, 2.24) is 0 Å². The molecular formula is C17H10F4N2O2. The van der Waals surface area contributed by atoms with Crippen molar-refractivity contribution in [3.8, 4) is 11.8 Å². The number of hydrogen-bond donors (Lipinski definition) is 1. The van der Waals surface area contributed by atoms with Gasteiger partial charge in [-0.2, -0.15) is 14.0 Å². The Hall–Kier alpha value is -3.34. The molecule has 2 aromatic rings. The molecule has 0 heterocycles. The highest BCUT2D eigenvalue weighted by molar-refractivity contribution is 6.09. The Morgan fingerprint density at radius 2 is 1.84 bits per heavy atom. The van der Waals surface area contributed by atoms with Crippen LogP contribution in [-0.2, 0) is 4.79 Å². The van der Waals surface area contributed by atoms with Crippen LogP contribution in [0.2, 0.25) is 0 Å². The van der Waals surface area contributed by atoms with Gasteiger partial charge < -0.3 is 10.1 Å². The Bertz CT molecular complexity index is 843. The van der Waals surface area contributed by atoms with Gasteiger partial charge >= 0.3 is 6.61 Å². The zero-order valence-electron chi connectivity index (χ0n) is 12.5. The van der Waals surface area contributed by atoms with E-state index < -0.39 is 24.2 Å². The first kappa shape index (κ1) is 18.0. The lowest BCUT2D eigenvalue weighted by molar-refractivity contribution is -0.112. The van der Waals surface area contributed by atoms with Crippen molar-refractivity contribution in [1.29, 1.82) is 5.26 Å². The number of benzene rings is 2. The molecule has 0 aromatic heterocycles. The monoisotopic (exact) mass is 350 g/mol. The molecular weight excluding hydrogens is 340 g/mol. The van der Waals surface area contributed by atoms with Gasteiger partial charge in [0.05, 0.1) is 5.69 Å². The number of anilines is 1. The van der Waals surface area contributed by atoms with E-state index in [2.05, 4.69) is 10.1 Å². The molecule has 0 spiro atoms. The first-order valence-electron chi connectivity index (χ1n) is 6.82. The fourth-order valence-corrected chi connectivity index (χ4v) is 1.84. The molecule has 4 nitrogen and oxygen atoms in total. The van der Waals surface area contributed by atoms with Gasteiger partial charge in [0, 0.05) is 6.07 Å². The zero-order chi connectivity index (χ0) is 18.4. The maximum absolute atomic E-state index is 13.5. The van der Waals surface area contributed by atoms with Crippen LogP contribution < -0.4 is 10.1 Å². The minimum absolute atomic E-state index is 0.0801. The Morgan fingerprint density at radius 3 is 2.40 bits per heavy atom. The predicted octanol–water partition coefficient (Wildman–Crippen LogP) is 4.11. The summed E-state index contributed by atoms with van der Waals surface area (Å²) in [5.41, 5.74) is -0.271. The SMILES string of the molecule is N#C/C(=C\c1ccc(OC(F)F)cc1)C(=O)Nc1ccc(F)cc1F. The van der Waals surface area contributed by atoms with Crippen molar-refractivity contribution in [2.24, 2.45) is 0 Å². The minimum Gasteiger partial charge on any atom is -0.435 e. The Balaban J connectivity index is 2.16. The van der Waals surface area contributed by atoms with Gasteiger partial charge in [-0.3, -0.25) is 4.79 Å².